The van der Waals surface area contributed by atoms with Gasteiger partial charge in [0.1, 0.15) is 6.04 Å². The van der Waals surface area contributed by atoms with E-state index in [0.29, 0.717) is 12.8 Å². The van der Waals surface area contributed by atoms with Gasteiger partial charge in [0.15, 0.2) is 0 Å². The molecule has 1 fully saturated rings. The fraction of sp³-hybridized carbons (Fsp3) is 0.588. The summed E-state index contributed by atoms with van der Waals surface area (Å²) in [6, 6.07) is 4.00. The molecule has 1 N–H and O–H groups in total. The number of nitrogens with zero attached hydrogens (tertiary/aromatic N) is 2. The first-order chi connectivity index (χ1) is 12.3. The number of nitro benzene ring substituents is 1. The quantitative estimate of drug-likeness (QED) is 0.574. The van der Waals surface area contributed by atoms with Crippen LogP contribution in [0.1, 0.15) is 46.0 Å². The van der Waals surface area contributed by atoms with Crippen LogP contribution in [0.4, 0.5) is 5.69 Å². The van der Waals surface area contributed by atoms with Gasteiger partial charge >= 0.3 is 0 Å². The average Bonchev–Trinajstić information content (AvgIpc) is 2.62. The maximum atomic E-state index is 13.0. The molecule has 0 aliphatic carbocycles. The van der Waals surface area contributed by atoms with Crippen LogP contribution < -0.4 is 5.32 Å². The van der Waals surface area contributed by atoms with E-state index in [4.69, 9.17) is 0 Å². The molecular formula is C17H25N3O5S. The van der Waals surface area contributed by atoms with Crippen molar-refractivity contribution in [1.29, 1.82) is 0 Å². The zero-order chi connectivity index (χ0) is 19.3. The average molecular weight is 383 g/mol. The topological polar surface area (TPSA) is 110 Å². The molecule has 0 unspecified atom stereocenters. The summed E-state index contributed by atoms with van der Waals surface area (Å²) in [5.41, 5.74) is -0.176. The molecule has 1 aliphatic rings. The van der Waals surface area contributed by atoms with Crippen LogP contribution in [0, 0.1) is 10.1 Å². The summed E-state index contributed by atoms with van der Waals surface area (Å²) in [6.07, 6.45) is 3.69. The van der Waals surface area contributed by atoms with Crippen molar-refractivity contribution in [3.63, 3.8) is 0 Å². The predicted octanol–water partition coefficient (Wildman–Crippen LogP) is 2.44. The van der Waals surface area contributed by atoms with Crippen LogP contribution in [0.15, 0.2) is 29.2 Å². The Morgan fingerprint density at radius 1 is 1.35 bits per heavy atom. The fourth-order valence-electron chi connectivity index (χ4n) is 3.17. The molecular weight excluding hydrogens is 358 g/mol. The van der Waals surface area contributed by atoms with E-state index in [1.165, 1.54) is 16.4 Å². The minimum Gasteiger partial charge on any atom is -0.352 e. The van der Waals surface area contributed by atoms with Gasteiger partial charge in [0.25, 0.3) is 5.69 Å². The van der Waals surface area contributed by atoms with Crippen molar-refractivity contribution in [3.05, 3.63) is 34.4 Å². The van der Waals surface area contributed by atoms with Crippen molar-refractivity contribution >= 4 is 21.6 Å². The molecule has 8 nitrogen and oxygen atoms in total. The number of carbonyl (C=O) groups is 1. The Balaban J connectivity index is 2.24. The molecule has 0 spiro atoms. The second kappa shape index (κ2) is 8.59. The second-order valence-corrected chi connectivity index (χ2v) is 8.47. The number of hydrogen-bond acceptors (Lipinski definition) is 5. The SMILES string of the molecule is CCC[C@@H](C)NC(=O)[C@H]1CCCCN1S(=O)(=O)c1ccc([N+](=O)[O-])cc1. The first-order valence-electron chi connectivity index (χ1n) is 8.84. The molecule has 1 aliphatic heterocycles. The first-order valence-corrected chi connectivity index (χ1v) is 10.3. The predicted molar refractivity (Wildman–Crippen MR) is 97.1 cm³/mol. The Kier molecular flexibility index (Phi) is 6.71. The molecule has 1 saturated heterocycles. The molecule has 144 valence electrons. The fourth-order valence-corrected chi connectivity index (χ4v) is 4.83. The Hall–Kier alpha value is -2.00. The van der Waals surface area contributed by atoms with Gasteiger partial charge in [0, 0.05) is 24.7 Å². The molecule has 1 aromatic carbocycles. The van der Waals surface area contributed by atoms with Crippen molar-refractivity contribution in [1.82, 2.24) is 9.62 Å². The zero-order valence-electron chi connectivity index (χ0n) is 15.1. The number of nitrogens with one attached hydrogen (secondary N) is 1. The van der Waals surface area contributed by atoms with Crippen LogP contribution in [-0.4, -0.2) is 42.2 Å². The van der Waals surface area contributed by atoms with E-state index in [0.717, 1.165) is 31.4 Å². The summed E-state index contributed by atoms with van der Waals surface area (Å²) >= 11 is 0. The molecule has 2 atom stereocenters. The van der Waals surface area contributed by atoms with E-state index < -0.39 is 21.0 Å². The zero-order valence-corrected chi connectivity index (χ0v) is 15.9. The highest BCUT2D eigenvalue weighted by Gasteiger charge is 2.38. The molecule has 1 aromatic rings. The summed E-state index contributed by atoms with van der Waals surface area (Å²) in [5.74, 6) is -0.281. The third kappa shape index (κ3) is 4.59. The van der Waals surface area contributed by atoms with Crippen molar-refractivity contribution in [2.24, 2.45) is 0 Å². The number of amides is 1. The van der Waals surface area contributed by atoms with Gasteiger partial charge in [-0.1, -0.05) is 19.8 Å². The third-order valence-electron chi connectivity index (χ3n) is 4.52. The van der Waals surface area contributed by atoms with Gasteiger partial charge < -0.3 is 5.32 Å². The lowest BCUT2D eigenvalue weighted by Gasteiger charge is -2.34. The van der Waals surface area contributed by atoms with Crippen LogP contribution >= 0.6 is 0 Å². The van der Waals surface area contributed by atoms with Crippen molar-refractivity contribution < 1.29 is 18.1 Å². The number of carbonyl (C=O) groups excluding carboxylic acids is 1. The number of non-ortho nitro benzene ring substituents is 1. The van der Waals surface area contributed by atoms with E-state index in [-0.39, 0.29) is 29.1 Å². The minimum absolute atomic E-state index is 0.0154. The number of piperidine rings is 1. The molecule has 1 amide bonds. The summed E-state index contributed by atoms with van der Waals surface area (Å²) in [4.78, 5) is 22.7. The minimum atomic E-state index is -3.90. The summed E-state index contributed by atoms with van der Waals surface area (Å²) in [5, 5.41) is 13.6. The highest BCUT2D eigenvalue weighted by molar-refractivity contribution is 7.89. The standard InChI is InChI=1S/C17H25N3O5S/c1-3-6-13(2)18-17(21)16-7-4-5-12-19(16)26(24,25)15-10-8-14(9-11-15)20(22)23/h8-11,13,16H,3-7,12H2,1-2H3,(H,18,21)/t13-,16-/m1/s1. The van der Waals surface area contributed by atoms with E-state index in [1.54, 1.807) is 0 Å². The monoisotopic (exact) mass is 383 g/mol. The normalized spacial score (nSPS) is 19.7. The van der Waals surface area contributed by atoms with Crippen LogP contribution in [0.5, 0.6) is 0 Å². The molecule has 0 aromatic heterocycles. The molecule has 2 rings (SSSR count). The van der Waals surface area contributed by atoms with Crippen molar-refractivity contribution in [2.75, 3.05) is 6.54 Å². The molecule has 0 saturated carbocycles. The van der Waals surface area contributed by atoms with E-state index in [2.05, 4.69) is 5.32 Å². The molecule has 1 heterocycles. The molecule has 9 heteroatoms. The molecule has 0 bridgehead atoms. The Labute approximate surface area is 153 Å². The number of nitro groups is 1. The van der Waals surface area contributed by atoms with Crippen molar-refractivity contribution in [3.8, 4) is 0 Å². The summed E-state index contributed by atoms with van der Waals surface area (Å²) in [7, 11) is -3.90. The number of hydrogen-bond donors (Lipinski definition) is 1. The van der Waals surface area contributed by atoms with Gasteiger partial charge in [-0.05, 0) is 38.3 Å². The van der Waals surface area contributed by atoms with Gasteiger partial charge in [0.05, 0.1) is 9.82 Å². The van der Waals surface area contributed by atoms with Gasteiger partial charge in [-0.15, -0.1) is 0 Å². The Morgan fingerprint density at radius 3 is 2.58 bits per heavy atom. The smallest absolute Gasteiger partial charge is 0.269 e. The highest BCUT2D eigenvalue weighted by atomic mass is 32.2. The second-order valence-electron chi connectivity index (χ2n) is 6.58. The number of sulfonamides is 1. The number of benzene rings is 1. The van der Waals surface area contributed by atoms with Crippen LogP contribution in [0.2, 0.25) is 0 Å². The van der Waals surface area contributed by atoms with E-state index >= 15 is 0 Å². The van der Waals surface area contributed by atoms with Crippen LogP contribution in [-0.2, 0) is 14.8 Å². The van der Waals surface area contributed by atoms with Crippen LogP contribution in [0.3, 0.4) is 0 Å². The first kappa shape index (κ1) is 20.3. The lowest BCUT2D eigenvalue weighted by Crippen LogP contribution is -2.53. The Morgan fingerprint density at radius 2 is 2.00 bits per heavy atom. The lowest BCUT2D eigenvalue weighted by molar-refractivity contribution is -0.384. The van der Waals surface area contributed by atoms with Crippen molar-refractivity contribution in [2.45, 2.75) is 62.9 Å². The van der Waals surface area contributed by atoms with Gasteiger partial charge in [-0.3, -0.25) is 14.9 Å². The largest absolute Gasteiger partial charge is 0.352 e. The maximum absolute atomic E-state index is 13.0. The van der Waals surface area contributed by atoms with Crippen LogP contribution in [0.25, 0.3) is 0 Å². The lowest BCUT2D eigenvalue weighted by atomic mass is 10.0. The highest BCUT2D eigenvalue weighted by Crippen LogP contribution is 2.27. The van der Waals surface area contributed by atoms with Gasteiger partial charge in [-0.25, -0.2) is 8.42 Å². The maximum Gasteiger partial charge on any atom is 0.269 e. The van der Waals surface area contributed by atoms with E-state index in [1.807, 2.05) is 13.8 Å². The summed E-state index contributed by atoms with van der Waals surface area (Å²) in [6.45, 7) is 4.19. The molecule has 0 radical (unpaired) electrons. The number of rotatable bonds is 7. The van der Waals surface area contributed by atoms with Gasteiger partial charge in [-0.2, -0.15) is 4.31 Å². The van der Waals surface area contributed by atoms with E-state index in [9.17, 15) is 23.3 Å². The molecule has 26 heavy (non-hydrogen) atoms. The third-order valence-corrected chi connectivity index (χ3v) is 6.44. The van der Waals surface area contributed by atoms with Gasteiger partial charge in [0.2, 0.25) is 15.9 Å². The Bertz CT molecular complexity index is 748. The summed E-state index contributed by atoms with van der Waals surface area (Å²) < 4.78 is 27.2.